The Morgan fingerprint density at radius 3 is 2.50 bits per heavy atom. The Kier molecular flexibility index (Phi) is 4.36. The fourth-order valence-electron chi connectivity index (χ4n) is 1.94. The average molecular weight is 284 g/mol. The molecule has 1 rings (SSSR count). The van der Waals surface area contributed by atoms with Gasteiger partial charge in [0.2, 0.25) is 5.82 Å². The minimum atomic E-state index is -0.959. The molecular weight excluding hydrogens is 264 g/mol. The second kappa shape index (κ2) is 5.48. The Morgan fingerprint density at radius 2 is 2.10 bits per heavy atom. The van der Waals surface area contributed by atoms with E-state index in [1.54, 1.807) is 14.0 Å². The van der Waals surface area contributed by atoms with Crippen molar-refractivity contribution < 1.29 is 14.8 Å². The van der Waals surface area contributed by atoms with Crippen LogP contribution in [-0.2, 0) is 11.8 Å². The van der Waals surface area contributed by atoms with Crippen LogP contribution in [0.4, 0.5) is 11.5 Å². The number of hydrogen-bond donors (Lipinski definition) is 2. The van der Waals surface area contributed by atoms with Crippen LogP contribution in [0.25, 0.3) is 0 Å². The van der Waals surface area contributed by atoms with Gasteiger partial charge in [-0.3, -0.25) is 14.9 Å². The number of aliphatic carboxylic acids is 1. The van der Waals surface area contributed by atoms with Crippen LogP contribution in [0, 0.1) is 22.5 Å². The summed E-state index contributed by atoms with van der Waals surface area (Å²) in [5.74, 6) is -0.729. The van der Waals surface area contributed by atoms with Crippen LogP contribution >= 0.6 is 0 Å². The van der Waals surface area contributed by atoms with E-state index in [2.05, 4.69) is 10.4 Å². The molecule has 1 atom stereocenters. The van der Waals surface area contributed by atoms with Gasteiger partial charge in [0.25, 0.3) is 0 Å². The summed E-state index contributed by atoms with van der Waals surface area (Å²) in [4.78, 5) is 21.6. The summed E-state index contributed by atoms with van der Waals surface area (Å²) in [6, 6.07) is -0.450. The van der Waals surface area contributed by atoms with Gasteiger partial charge in [0.1, 0.15) is 5.69 Å². The first kappa shape index (κ1) is 15.9. The maximum Gasteiger partial charge on any atom is 0.333 e. The number of carbonyl (C=O) groups is 1. The normalized spacial score (nSPS) is 13.1. The van der Waals surface area contributed by atoms with Crippen LogP contribution in [0.2, 0.25) is 0 Å². The molecule has 1 unspecified atom stereocenters. The van der Waals surface area contributed by atoms with E-state index in [0.717, 1.165) is 0 Å². The molecule has 112 valence electrons. The molecule has 0 bridgehead atoms. The van der Waals surface area contributed by atoms with Crippen molar-refractivity contribution in [1.29, 1.82) is 0 Å². The fourth-order valence-corrected chi connectivity index (χ4v) is 1.94. The van der Waals surface area contributed by atoms with Gasteiger partial charge in [-0.15, -0.1) is 0 Å². The summed E-state index contributed by atoms with van der Waals surface area (Å²) in [6.45, 7) is 7.18. The van der Waals surface area contributed by atoms with Crippen LogP contribution in [0.5, 0.6) is 0 Å². The third kappa shape index (κ3) is 3.46. The molecule has 1 heterocycles. The van der Waals surface area contributed by atoms with E-state index in [9.17, 15) is 14.9 Å². The molecular formula is C12H20N4O4. The maximum absolute atomic E-state index is 11.1. The maximum atomic E-state index is 11.1. The van der Waals surface area contributed by atoms with Gasteiger partial charge < -0.3 is 10.4 Å². The Labute approximate surface area is 116 Å². The van der Waals surface area contributed by atoms with E-state index >= 15 is 0 Å². The van der Waals surface area contributed by atoms with E-state index in [-0.39, 0.29) is 23.3 Å². The van der Waals surface area contributed by atoms with Crippen molar-refractivity contribution in [2.24, 2.45) is 12.5 Å². The van der Waals surface area contributed by atoms with E-state index in [4.69, 9.17) is 5.11 Å². The average Bonchev–Trinajstić information content (AvgIpc) is 2.50. The summed E-state index contributed by atoms with van der Waals surface area (Å²) in [6.07, 6.45) is -0.134. The smallest absolute Gasteiger partial charge is 0.333 e. The molecule has 8 nitrogen and oxygen atoms in total. The molecule has 1 aromatic heterocycles. The van der Waals surface area contributed by atoms with Crippen molar-refractivity contribution >= 4 is 17.5 Å². The highest BCUT2D eigenvalue weighted by atomic mass is 16.6. The van der Waals surface area contributed by atoms with Crippen LogP contribution in [0.1, 0.15) is 32.9 Å². The first-order chi connectivity index (χ1) is 9.04. The van der Waals surface area contributed by atoms with Gasteiger partial charge in [0.15, 0.2) is 0 Å². The van der Waals surface area contributed by atoms with Crippen molar-refractivity contribution in [2.75, 3.05) is 5.32 Å². The minimum Gasteiger partial charge on any atom is -0.481 e. The standard InChI is InChI=1S/C12H20N4O4/c1-7-10(16(19)20)11(15(5)14-7)13-8(6-9(17)18)12(2,3)4/h8,13H,6H2,1-5H3,(H,17,18). The molecule has 1 aromatic rings. The summed E-state index contributed by atoms with van der Waals surface area (Å²) >= 11 is 0. The number of anilines is 1. The molecule has 0 aliphatic heterocycles. The number of nitrogens with one attached hydrogen (secondary N) is 1. The zero-order valence-electron chi connectivity index (χ0n) is 12.3. The van der Waals surface area contributed by atoms with E-state index in [1.807, 2.05) is 20.8 Å². The lowest BCUT2D eigenvalue weighted by molar-refractivity contribution is -0.384. The highest BCUT2D eigenvalue weighted by Crippen LogP contribution is 2.32. The van der Waals surface area contributed by atoms with Crippen LogP contribution in [-0.4, -0.2) is 31.8 Å². The third-order valence-corrected chi connectivity index (χ3v) is 3.11. The lowest BCUT2D eigenvalue weighted by Crippen LogP contribution is -2.36. The number of nitrogens with zero attached hydrogens (tertiary/aromatic N) is 3. The molecule has 0 saturated heterocycles. The SMILES string of the molecule is Cc1nn(C)c(NC(CC(=O)O)C(C)(C)C)c1[N+](=O)[O-]. The molecule has 0 aliphatic rings. The second-order valence-corrected chi connectivity index (χ2v) is 5.82. The monoisotopic (exact) mass is 284 g/mol. The zero-order valence-corrected chi connectivity index (χ0v) is 12.3. The number of carboxylic acid groups (broad SMARTS) is 1. The predicted octanol–water partition coefficient (Wildman–Crippen LogP) is 1.94. The Morgan fingerprint density at radius 1 is 1.55 bits per heavy atom. The van der Waals surface area contributed by atoms with Crippen LogP contribution in [0.15, 0.2) is 0 Å². The van der Waals surface area contributed by atoms with Gasteiger partial charge in [0, 0.05) is 13.1 Å². The quantitative estimate of drug-likeness (QED) is 0.631. The third-order valence-electron chi connectivity index (χ3n) is 3.11. The van der Waals surface area contributed by atoms with E-state index in [0.29, 0.717) is 5.69 Å². The minimum absolute atomic E-state index is 0.118. The Balaban J connectivity index is 3.18. The second-order valence-electron chi connectivity index (χ2n) is 5.82. The Bertz CT molecular complexity index is 530. The van der Waals surface area contributed by atoms with Gasteiger partial charge in [-0.25, -0.2) is 4.68 Å². The van der Waals surface area contributed by atoms with Crippen molar-refractivity contribution in [1.82, 2.24) is 9.78 Å². The van der Waals surface area contributed by atoms with Crippen molar-refractivity contribution in [3.05, 3.63) is 15.8 Å². The number of rotatable bonds is 5. The topological polar surface area (TPSA) is 110 Å². The molecule has 0 saturated carbocycles. The predicted molar refractivity (Wildman–Crippen MR) is 73.7 cm³/mol. The van der Waals surface area contributed by atoms with Gasteiger partial charge in [-0.1, -0.05) is 20.8 Å². The number of nitro groups is 1. The summed E-state index contributed by atoms with van der Waals surface area (Å²) < 4.78 is 1.37. The van der Waals surface area contributed by atoms with Crippen molar-refractivity contribution in [2.45, 2.75) is 40.2 Å². The Hall–Kier alpha value is -2.12. The van der Waals surface area contributed by atoms with Gasteiger partial charge in [-0.05, 0) is 12.3 Å². The summed E-state index contributed by atoms with van der Waals surface area (Å²) in [5, 5.41) is 27.1. The van der Waals surface area contributed by atoms with E-state index < -0.39 is 16.9 Å². The molecule has 2 N–H and O–H groups in total. The molecule has 0 fully saturated rings. The molecule has 0 spiro atoms. The molecule has 0 aliphatic carbocycles. The number of hydrogen-bond acceptors (Lipinski definition) is 5. The van der Waals surface area contributed by atoms with Crippen molar-refractivity contribution in [3.63, 3.8) is 0 Å². The molecule has 0 amide bonds. The zero-order chi connectivity index (χ0) is 15.7. The van der Waals surface area contributed by atoms with Gasteiger partial charge in [0.05, 0.1) is 11.3 Å². The lowest BCUT2D eigenvalue weighted by Gasteiger charge is -2.30. The highest BCUT2D eigenvalue weighted by molar-refractivity contribution is 5.69. The largest absolute Gasteiger partial charge is 0.481 e. The van der Waals surface area contributed by atoms with E-state index in [1.165, 1.54) is 4.68 Å². The molecule has 8 heteroatoms. The van der Waals surface area contributed by atoms with Gasteiger partial charge in [-0.2, -0.15) is 5.10 Å². The van der Waals surface area contributed by atoms with Gasteiger partial charge >= 0.3 is 11.7 Å². The first-order valence-electron chi connectivity index (χ1n) is 6.20. The molecule has 0 aromatic carbocycles. The number of aryl methyl sites for hydroxylation is 2. The van der Waals surface area contributed by atoms with Crippen molar-refractivity contribution in [3.8, 4) is 0 Å². The molecule has 20 heavy (non-hydrogen) atoms. The summed E-state index contributed by atoms with van der Waals surface area (Å²) in [5.41, 5.74) is -0.195. The van der Waals surface area contributed by atoms with Crippen LogP contribution in [0.3, 0.4) is 0 Å². The highest BCUT2D eigenvalue weighted by Gasteiger charge is 2.32. The molecule has 0 radical (unpaired) electrons. The summed E-state index contributed by atoms with van der Waals surface area (Å²) in [7, 11) is 1.59. The van der Waals surface area contributed by atoms with Crippen LogP contribution < -0.4 is 5.32 Å². The number of carboxylic acids is 1. The fraction of sp³-hybridized carbons (Fsp3) is 0.667. The number of aromatic nitrogens is 2. The lowest BCUT2D eigenvalue weighted by atomic mass is 9.84. The first-order valence-corrected chi connectivity index (χ1v) is 6.20.